The van der Waals surface area contributed by atoms with Crippen LogP contribution in [0.4, 0.5) is 0 Å². The normalized spacial score (nSPS) is 15.1. The predicted molar refractivity (Wildman–Crippen MR) is 87.0 cm³/mol. The van der Waals surface area contributed by atoms with Crippen LogP contribution in [0.25, 0.3) is 0 Å². The average Bonchev–Trinajstić information content (AvgIpc) is 2.76. The summed E-state index contributed by atoms with van der Waals surface area (Å²) in [6.45, 7) is 11.8. The van der Waals surface area contributed by atoms with E-state index < -0.39 is 0 Å². The average molecular weight is 346 g/mol. The lowest BCUT2D eigenvalue weighted by atomic mass is 9.96. The van der Waals surface area contributed by atoms with E-state index in [-0.39, 0.29) is 12.1 Å². The summed E-state index contributed by atoms with van der Waals surface area (Å²) in [4.78, 5) is 0. The van der Waals surface area contributed by atoms with Crippen molar-refractivity contribution in [3.63, 3.8) is 0 Å². The smallest absolute Gasteiger partial charge is 0.0804 e. The Kier molecular flexibility index (Phi) is 7.20. The van der Waals surface area contributed by atoms with Gasteiger partial charge in [0.05, 0.1) is 28.5 Å². The Bertz CT molecular complexity index is 404. The highest BCUT2D eigenvalue weighted by molar-refractivity contribution is 9.10. The second kappa shape index (κ2) is 8.15. The first-order valence-electron chi connectivity index (χ1n) is 7.43. The molecule has 0 saturated heterocycles. The van der Waals surface area contributed by atoms with Gasteiger partial charge in [0.1, 0.15) is 0 Å². The summed E-state index contributed by atoms with van der Waals surface area (Å²) in [5.41, 5.74) is 1.18. The maximum Gasteiger partial charge on any atom is 0.0804 e. The number of methoxy groups -OCH3 is 1. The Balaban J connectivity index is 3.19. The third-order valence-electron chi connectivity index (χ3n) is 3.44. The first-order valence-corrected chi connectivity index (χ1v) is 8.22. The van der Waals surface area contributed by atoms with E-state index in [0.29, 0.717) is 12.0 Å². The van der Waals surface area contributed by atoms with Gasteiger partial charge in [-0.05, 0) is 48.7 Å². The quantitative estimate of drug-likeness (QED) is 0.775. The van der Waals surface area contributed by atoms with Crippen molar-refractivity contribution in [3.05, 3.63) is 16.4 Å². The van der Waals surface area contributed by atoms with Crippen molar-refractivity contribution in [1.82, 2.24) is 15.1 Å². The fourth-order valence-electron chi connectivity index (χ4n) is 2.51. The lowest BCUT2D eigenvalue weighted by Gasteiger charge is -2.31. The maximum atomic E-state index is 5.76. The van der Waals surface area contributed by atoms with E-state index in [1.807, 2.05) is 6.20 Å². The van der Waals surface area contributed by atoms with Crippen LogP contribution in [0.2, 0.25) is 0 Å². The summed E-state index contributed by atoms with van der Waals surface area (Å²) in [6.07, 6.45) is 3.09. The van der Waals surface area contributed by atoms with Gasteiger partial charge in [-0.15, -0.1) is 0 Å². The lowest BCUT2D eigenvalue weighted by molar-refractivity contribution is 0.0296. The zero-order chi connectivity index (χ0) is 15.3. The molecule has 1 N–H and O–H groups in total. The fourth-order valence-corrected chi connectivity index (χ4v) is 3.03. The number of aromatic nitrogens is 2. The van der Waals surface area contributed by atoms with Gasteiger partial charge < -0.3 is 10.1 Å². The molecule has 0 aliphatic rings. The number of rotatable bonds is 8. The molecule has 1 rings (SSSR count). The van der Waals surface area contributed by atoms with Crippen LogP contribution in [0, 0.1) is 5.92 Å². The van der Waals surface area contributed by atoms with Gasteiger partial charge in [0.2, 0.25) is 0 Å². The zero-order valence-electron chi connectivity index (χ0n) is 13.5. The predicted octanol–water partition coefficient (Wildman–Crippen LogP) is 3.94. The Morgan fingerprint density at radius 1 is 1.35 bits per heavy atom. The number of hydrogen-bond acceptors (Lipinski definition) is 3. The van der Waals surface area contributed by atoms with Crippen LogP contribution in [-0.2, 0) is 4.74 Å². The van der Waals surface area contributed by atoms with Crippen LogP contribution in [0.15, 0.2) is 10.7 Å². The minimum Gasteiger partial charge on any atom is -0.379 e. The molecule has 4 nitrogen and oxygen atoms in total. The Hall–Kier alpha value is -0.390. The van der Waals surface area contributed by atoms with Gasteiger partial charge in [-0.25, -0.2) is 0 Å². The second-order valence-electron chi connectivity index (χ2n) is 5.79. The molecule has 0 saturated carbocycles. The van der Waals surface area contributed by atoms with Gasteiger partial charge in [0, 0.05) is 13.2 Å². The molecule has 2 atom stereocenters. The van der Waals surface area contributed by atoms with Crippen molar-refractivity contribution in [1.29, 1.82) is 0 Å². The number of hydrogen-bond donors (Lipinski definition) is 1. The number of nitrogens with zero attached hydrogens (tertiary/aromatic N) is 2. The van der Waals surface area contributed by atoms with E-state index in [1.54, 1.807) is 7.11 Å². The molecular weight excluding hydrogens is 318 g/mol. The standard InChI is InChI=1S/C15H28BrN3O/c1-7-8-17-13(15(20-6)10(2)3)14-12(16)9-18-19(14)11(4)5/h9-11,13,15,17H,7-8H2,1-6H3. The Morgan fingerprint density at radius 3 is 2.45 bits per heavy atom. The van der Waals surface area contributed by atoms with E-state index >= 15 is 0 Å². The molecule has 0 spiro atoms. The molecule has 20 heavy (non-hydrogen) atoms. The summed E-state index contributed by atoms with van der Waals surface area (Å²) in [6, 6.07) is 0.464. The molecule has 0 fully saturated rings. The highest BCUT2D eigenvalue weighted by atomic mass is 79.9. The first kappa shape index (κ1) is 17.7. The van der Waals surface area contributed by atoms with Crippen molar-refractivity contribution < 1.29 is 4.74 Å². The van der Waals surface area contributed by atoms with E-state index in [9.17, 15) is 0 Å². The highest BCUT2D eigenvalue weighted by Crippen LogP contribution is 2.31. The minimum atomic E-state index is 0.118. The molecule has 1 heterocycles. The van der Waals surface area contributed by atoms with E-state index in [4.69, 9.17) is 4.74 Å². The van der Waals surface area contributed by atoms with Crippen molar-refractivity contribution in [3.8, 4) is 0 Å². The van der Waals surface area contributed by atoms with Crippen molar-refractivity contribution in [2.24, 2.45) is 5.92 Å². The van der Waals surface area contributed by atoms with Gasteiger partial charge in [0.15, 0.2) is 0 Å². The van der Waals surface area contributed by atoms with Crippen LogP contribution in [0.3, 0.4) is 0 Å². The van der Waals surface area contributed by atoms with Crippen LogP contribution in [0.5, 0.6) is 0 Å². The third-order valence-corrected chi connectivity index (χ3v) is 4.05. The molecule has 0 bridgehead atoms. The van der Waals surface area contributed by atoms with E-state index in [1.165, 1.54) is 5.69 Å². The molecule has 0 radical (unpaired) electrons. The van der Waals surface area contributed by atoms with Gasteiger partial charge in [-0.3, -0.25) is 4.68 Å². The van der Waals surface area contributed by atoms with Crippen molar-refractivity contribution in [2.45, 2.75) is 59.2 Å². The molecule has 0 aliphatic heterocycles. The van der Waals surface area contributed by atoms with Crippen LogP contribution in [0.1, 0.15) is 58.8 Å². The summed E-state index contributed by atoms with van der Waals surface area (Å²) in [7, 11) is 1.79. The highest BCUT2D eigenvalue weighted by Gasteiger charge is 2.30. The maximum absolute atomic E-state index is 5.76. The summed E-state index contributed by atoms with van der Waals surface area (Å²) < 4.78 is 8.88. The van der Waals surface area contributed by atoms with Crippen molar-refractivity contribution >= 4 is 15.9 Å². The molecule has 2 unspecified atom stereocenters. The van der Waals surface area contributed by atoms with Gasteiger partial charge in [-0.1, -0.05) is 20.8 Å². The van der Waals surface area contributed by atoms with Crippen molar-refractivity contribution in [2.75, 3.05) is 13.7 Å². The topological polar surface area (TPSA) is 39.1 Å². The second-order valence-corrected chi connectivity index (χ2v) is 6.65. The number of ether oxygens (including phenoxy) is 1. The minimum absolute atomic E-state index is 0.118. The summed E-state index contributed by atoms with van der Waals surface area (Å²) >= 11 is 3.65. The Labute approximate surface area is 131 Å². The molecular formula is C15H28BrN3O. The first-order chi connectivity index (χ1) is 9.43. The molecule has 1 aromatic rings. The van der Waals surface area contributed by atoms with Gasteiger partial charge in [-0.2, -0.15) is 5.10 Å². The lowest BCUT2D eigenvalue weighted by Crippen LogP contribution is -2.38. The van der Waals surface area contributed by atoms with Gasteiger partial charge >= 0.3 is 0 Å². The van der Waals surface area contributed by atoms with E-state index in [2.05, 4.69) is 65.6 Å². The van der Waals surface area contributed by atoms with E-state index in [0.717, 1.165) is 17.4 Å². The molecule has 0 amide bonds. The molecule has 116 valence electrons. The Morgan fingerprint density at radius 2 is 2.00 bits per heavy atom. The third kappa shape index (κ3) is 4.06. The van der Waals surface area contributed by atoms with Crippen LogP contribution in [-0.4, -0.2) is 29.5 Å². The monoisotopic (exact) mass is 345 g/mol. The molecule has 0 aliphatic carbocycles. The molecule has 0 aromatic carbocycles. The number of nitrogens with one attached hydrogen (secondary N) is 1. The largest absolute Gasteiger partial charge is 0.379 e. The zero-order valence-corrected chi connectivity index (χ0v) is 15.1. The summed E-state index contributed by atoms with van der Waals surface area (Å²) in [5.74, 6) is 0.428. The molecule has 1 aromatic heterocycles. The molecule has 5 heteroatoms. The van der Waals surface area contributed by atoms with Gasteiger partial charge in [0.25, 0.3) is 0 Å². The van der Waals surface area contributed by atoms with Crippen LogP contribution >= 0.6 is 15.9 Å². The summed E-state index contributed by atoms with van der Waals surface area (Å²) in [5, 5.41) is 8.12. The SMILES string of the molecule is CCCNC(c1c(Br)cnn1C(C)C)C(OC)C(C)C. The number of halogens is 1. The fraction of sp³-hybridized carbons (Fsp3) is 0.800. The van der Waals surface area contributed by atoms with Crippen LogP contribution < -0.4 is 5.32 Å².